The Morgan fingerprint density at radius 1 is 1.36 bits per heavy atom. The molecule has 3 aromatic rings. The van der Waals surface area contributed by atoms with Gasteiger partial charge in [0.15, 0.2) is 10.5 Å². The summed E-state index contributed by atoms with van der Waals surface area (Å²) in [5.74, 6) is -0.727. The number of halogens is 1. The van der Waals surface area contributed by atoms with E-state index in [0.717, 1.165) is 10.2 Å². The minimum absolute atomic E-state index is 0.293. The molecule has 1 aromatic carbocycles. The molecule has 0 radical (unpaired) electrons. The summed E-state index contributed by atoms with van der Waals surface area (Å²) >= 11 is 1.28. The predicted molar refractivity (Wildman–Crippen MR) is 94.1 cm³/mol. The van der Waals surface area contributed by atoms with Gasteiger partial charge in [0, 0.05) is 25.9 Å². The Balaban J connectivity index is 2.03. The molecule has 6 nitrogen and oxygen atoms in total. The third-order valence-corrected chi connectivity index (χ3v) is 4.73. The summed E-state index contributed by atoms with van der Waals surface area (Å²) in [7, 11) is 0. The van der Waals surface area contributed by atoms with Crippen LogP contribution in [0, 0.1) is 5.82 Å². The topological polar surface area (TPSA) is 61.4 Å². The highest BCUT2D eigenvalue weighted by Gasteiger charge is 2.12. The van der Waals surface area contributed by atoms with Crippen molar-refractivity contribution in [3.05, 3.63) is 46.8 Å². The minimum atomic E-state index is -0.413. The lowest BCUT2D eigenvalue weighted by atomic mass is 10.3. The first kappa shape index (κ1) is 17.5. The van der Waals surface area contributed by atoms with Crippen molar-refractivity contribution < 1.29 is 13.9 Å². The lowest BCUT2D eigenvalue weighted by molar-refractivity contribution is 0.0991. The van der Waals surface area contributed by atoms with Crippen LogP contribution in [0.2, 0.25) is 0 Å². The molecule has 2 heterocycles. The Labute approximate surface area is 148 Å². The van der Waals surface area contributed by atoms with Gasteiger partial charge < -0.3 is 9.30 Å². The summed E-state index contributed by atoms with van der Waals surface area (Å²) in [6.07, 6.45) is 1.74. The third-order valence-electron chi connectivity index (χ3n) is 3.69. The average molecular weight is 362 g/mol. The second kappa shape index (κ2) is 7.71. The van der Waals surface area contributed by atoms with Crippen molar-refractivity contribution in [2.75, 3.05) is 13.2 Å². The lowest BCUT2D eigenvalue weighted by Crippen LogP contribution is -2.20. The number of nitrogens with zero attached hydrogens (tertiary/aromatic N) is 4. The maximum atomic E-state index is 13.5. The Morgan fingerprint density at radius 2 is 2.20 bits per heavy atom. The third kappa shape index (κ3) is 3.85. The maximum absolute atomic E-state index is 13.5. The first-order valence-corrected chi connectivity index (χ1v) is 8.93. The van der Waals surface area contributed by atoms with Gasteiger partial charge >= 0.3 is 0 Å². The summed E-state index contributed by atoms with van der Waals surface area (Å²) in [5.41, 5.74) is 1.12. The maximum Gasteiger partial charge on any atom is 0.300 e. The van der Waals surface area contributed by atoms with Crippen LogP contribution in [0.5, 0.6) is 0 Å². The number of hydrogen-bond acceptors (Lipinski definition) is 4. The second-order valence-electron chi connectivity index (χ2n) is 5.32. The fraction of sp³-hybridized carbons (Fsp3) is 0.353. The average Bonchev–Trinajstić information content (AvgIpc) is 3.20. The molecule has 8 heteroatoms. The van der Waals surface area contributed by atoms with Crippen molar-refractivity contribution in [3.8, 4) is 0 Å². The van der Waals surface area contributed by atoms with Crippen molar-refractivity contribution in [1.29, 1.82) is 0 Å². The number of carbonyl (C=O) groups is 1. The fourth-order valence-corrected chi connectivity index (χ4v) is 3.52. The zero-order chi connectivity index (χ0) is 17.8. The van der Waals surface area contributed by atoms with E-state index >= 15 is 0 Å². The van der Waals surface area contributed by atoms with Gasteiger partial charge in [-0.1, -0.05) is 11.3 Å². The van der Waals surface area contributed by atoms with Gasteiger partial charge in [-0.2, -0.15) is 10.1 Å². The zero-order valence-electron chi connectivity index (χ0n) is 14.1. The van der Waals surface area contributed by atoms with Crippen LogP contribution < -0.4 is 4.80 Å². The van der Waals surface area contributed by atoms with Crippen LogP contribution in [0.4, 0.5) is 4.39 Å². The molecule has 0 saturated heterocycles. The molecular formula is C17H19FN4O2S. The van der Waals surface area contributed by atoms with Gasteiger partial charge in [0.25, 0.3) is 5.91 Å². The summed E-state index contributed by atoms with van der Waals surface area (Å²) in [4.78, 5) is 17.1. The van der Waals surface area contributed by atoms with Crippen LogP contribution in [0.1, 0.15) is 24.3 Å². The monoisotopic (exact) mass is 362 g/mol. The number of amides is 1. The number of aryl methyl sites for hydroxylation is 1. The molecule has 0 unspecified atom stereocenters. The first-order chi connectivity index (χ1) is 12.1. The van der Waals surface area contributed by atoms with Crippen LogP contribution >= 0.6 is 11.3 Å². The normalized spacial score (nSPS) is 12.2. The minimum Gasteiger partial charge on any atom is -0.380 e. The van der Waals surface area contributed by atoms with Crippen molar-refractivity contribution in [3.63, 3.8) is 0 Å². The molecule has 25 heavy (non-hydrogen) atoms. The molecule has 1 amide bonds. The van der Waals surface area contributed by atoms with Gasteiger partial charge in [-0.25, -0.2) is 4.39 Å². The molecule has 0 spiro atoms. The number of rotatable bonds is 6. The van der Waals surface area contributed by atoms with E-state index in [1.165, 1.54) is 23.5 Å². The van der Waals surface area contributed by atoms with Crippen LogP contribution in [-0.2, 0) is 17.8 Å². The molecule has 0 aliphatic rings. The smallest absolute Gasteiger partial charge is 0.300 e. The number of fused-ring (bicyclic) bond motifs is 1. The molecule has 3 rings (SSSR count). The fourth-order valence-electron chi connectivity index (χ4n) is 2.44. The van der Waals surface area contributed by atoms with E-state index in [9.17, 15) is 9.18 Å². The molecule has 0 aliphatic carbocycles. The van der Waals surface area contributed by atoms with Crippen LogP contribution in [0.25, 0.3) is 10.2 Å². The van der Waals surface area contributed by atoms with Crippen LogP contribution in [0.3, 0.4) is 0 Å². The molecule has 0 atom stereocenters. The molecule has 0 saturated carbocycles. The summed E-state index contributed by atoms with van der Waals surface area (Å²) in [6.45, 7) is 6.19. The highest BCUT2D eigenvalue weighted by atomic mass is 32.1. The molecule has 0 bridgehead atoms. The highest BCUT2D eigenvalue weighted by molar-refractivity contribution is 7.16. The van der Waals surface area contributed by atoms with Crippen molar-refractivity contribution in [2.24, 2.45) is 4.99 Å². The van der Waals surface area contributed by atoms with Crippen molar-refractivity contribution in [2.45, 2.75) is 26.9 Å². The van der Waals surface area contributed by atoms with Crippen LogP contribution in [-0.4, -0.2) is 33.5 Å². The van der Waals surface area contributed by atoms with E-state index in [0.29, 0.717) is 36.8 Å². The molecule has 0 N–H and O–H groups in total. The van der Waals surface area contributed by atoms with Crippen molar-refractivity contribution in [1.82, 2.24) is 14.3 Å². The Morgan fingerprint density at radius 3 is 2.92 bits per heavy atom. The lowest BCUT2D eigenvalue weighted by Gasteiger charge is -2.05. The van der Waals surface area contributed by atoms with E-state index in [2.05, 4.69) is 10.1 Å². The van der Waals surface area contributed by atoms with E-state index in [1.54, 1.807) is 23.0 Å². The van der Waals surface area contributed by atoms with E-state index in [4.69, 9.17) is 4.74 Å². The van der Waals surface area contributed by atoms with Gasteiger partial charge in [0.05, 0.1) is 16.8 Å². The molecule has 2 aromatic heterocycles. The number of ether oxygens (including phenoxy) is 1. The Kier molecular flexibility index (Phi) is 5.40. The van der Waals surface area contributed by atoms with Gasteiger partial charge in [0.2, 0.25) is 0 Å². The summed E-state index contributed by atoms with van der Waals surface area (Å²) in [6, 6.07) is 6.20. The van der Waals surface area contributed by atoms with Crippen LogP contribution in [0.15, 0.2) is 35.5 Å². The zero-order valence-corrected chi connectivity index (χ0v) is 14.9. The van der Waals surface area contributed by atoms with E-state index in [1.807, 2.05) is 18.4 Å². The van der Waals surface area contributed by atoms with Gasteiger partial charge in [-0.3, -0.25) is 9.48 Å². The summed E-state index contributed by atoms with van der Waals surface area (Å²) in [5, 5.41) is 4.18. The molecular weight excluding hydrogens is 343 g/mol. The predicted octanol–water partition coefficient (Wildman–Crippen LogP) is 2.84. The second-order valence-corrected chi connectivity index (χ2v) is 6.33. The number of carbonyl (C=O) groups excluding carboxylic acids is 1. The number of thiazole rings is 1. The largest absolute Gasteiger partial charge is 0.380 e. The Bertz CT molecular complexity index is 957. The van der Waals surface area contributed by atoms with Crippen molar-refractivity contribution >= 4 is 27.5 Å². The Hall–Kier alpha value is -2.32. The summed E-state index contributed by atoms with van der Waals surface area (Å²) < 4.78 is 23.2. The number of aromatic nitrogens is 3. The number of hydrogen-bond donors (Lipinski definition) is 0. The molecule has 0 fully saturated rings. The highest BCUT2D eigenvalue weighted by Crippen LogP contribution is 2.18. The van der Waals surface area contributed by atoms with Gasteiger partial charge in [-0.05, 0) is 38.1 Å². The van der Waals surface area contributed by atoms with E-state index in [-0.39, 0.29) is 5.82 Å². The first-order valence-electron chi connectivity index (χ1n) is 8.11. The molecule has 0 aliphatic heterocycles. The SMILES string of the molecule is CCOCCn1c(=NC(=O)c2ccn(CC)n2)sc2cc(F)ccc21. The van der Waals surface area contributed by atoms with Gasteiger partial charge in [-0.15, -0.1) is 0 Å². The standard InChI is InChI=1S/C17H19FN4O2S/c1-3-21-8-7-13(20-21)16(23)19-17-22(9-10-24-4-2)14-6-5-12(18)11-15(14)25-17/h5-8,11H,3-4,9-10H2,1-2H3. The number of benzene rings is 1. The molecule has 132 valence electrons. The van der Waals surface area contributed by atoms with E-state index < -0.39 is 5.91 Å². The quantitative estimate of drug-likeness (QED) is 0.634. The van der Waals surface area contributed by atoms with Gasteiger partial charge in [0.1, 0.15) is 5.82 Å².